The molecule has 1 rings (SSSR count). The minimum Gasteiger partial charge on any atom is -0.356 e. The number of nitrogens with one attached hydrogen (secondary N) is 2. The number of alkyl halides is 3. The van der Waals surface area contributed by atoms with Crippen LogP contribution in [0.1, 0.15) is 24.5 Å². The number of thiazole rings is 1. The van der Waals surface area contributed by atoms with Crippen LogP contribution in [0, 0.1) is 5.92 Å². The first-order valence-electron chi connectivity index (χ1n) is 7.83. The van der Waals surface area contributed by atoms with Crippen LogP contribution in [0.4, 0.5) is 13.2 Å². The number of aliphatic imine (C=N–C) groups is 1. The summed E-state index contributed by atoms with van der Waals surface area (Å²) in [5.41, 5.74) is -0.865. The molecular weight excluding hydrogens is 482 g/mol. The summed E-state index contributed by atoms with van der Waals surface area (Å²) in [7, 11) is 3.29. The van der Waals surface area contributed by atoms with Gasteiger partial charge in [0.05, 0.1) is 5.01 Å². The van der Waals surface area contributed by atoms with Gasteiger partial charge in [-0.05, 0) is 5.92 Å². The van der Waals surface area contributed by atoms with Crippen LogP contribution in [0.5, 0.6) is 0 Å². The van der Waals surface area contributed by atoms with E-state index < -0.39 is 11.9 Å². The van der Waals surface area contributed by atoms with Gasteiger partial charge in [-0.1, -0.05) is 13.8 Å². The zero-order chi connectivity index (χ0) is 19.0. The Kier molecular flexibility index (Phi) is 11.1. The zero-order valence-electron chi connectivity index (χ0n) is 15.2. The number of aromatic nitrogens is 1. The van der Waals surface area contributed by atoms with Gasteiger partial charge in [-0.15, -0.1) is 35.3 Å². The fourth-order valence-corrected chi connectivity index (χ4v) is 2.41. The summed E-state index contributed by atoms with van der Waals surface area (Å²) < 4.78 is 37.6. The van der Waals surface area contributed by atoms with Gasteiger partial charge in [0.15, 0.2) is 11.7 Å². The molecule has 1 aromatic heterocycles. The van der Waals surface area contributed by atoms with Gasteiger partial charge in [0.1, 0.15) is 6.54 Å². The van der Waals surface area contributed by atoms with Gasteiger partial charge in [0, 0.05) is 39.0 Å². The molecular formula is C15H25F3IN5OS. The number of hydrogen-bond acceptors (Lipinski definition) is 4. The molecule has 150 valence electrons. The van der Waals surface area contributed by atoms with E-state index in [1.165, 1.54) is 4.90 Å². The van der Waals surface area contributed by atoms with Gasteiger partial charge >= 0.3 is 6.18 Å². The number of halogens is 4. The van der Waals surface area contributed by atoms with E-state index in [2.05, 4.69) is 20.6 Å². The Bertz CT molecular complexity index is 590. The molecule has 11 heteroatoms. The molecule has 0 unspecified atom stereocenters. The van der Waals surface area contributed by atoms with E-state index in [1.54, 1.807) is 14.1 Å². The molecule has 0 aliphatic heterocycles. The van der Waals surface area contributed by atoms with Crippen molar-refractivity contribution >= 4 is 47.2 Å². The fraction of sp³-hybridized carbons (Fsp3) is 0.667. The van der Waals surface area contributed by atoms with Crippen LogP contribution in [0.2, 0.25) is 0 Å². The molecule has 0 spiro atoms. The Morgan fingerprint density at radius 3 is 2.50 bits per heavy atom. The summed E-state index contributed by atoms with van der Waals surface area (Å²) in [5, 5.41) is 7.53. The van der Waals surface area contributed by atoms with Crippen molar-refractivity contribution < 1.29 is 18.0 Å². The molecule has 1 aromatic rings. The van der Waals surface area contributed by atoms with Crippen molar-refractivity contribution in [3.8, 4) is 0 Å². The van der Waals surface area contributed by atoms with Crippen LogP contribution in [0.15, 0.2) is 10.4 Å². The molecule has 6 nitrogen and oxygen atoms in total. The topological polar surface area (TPSA) is 69.6 Å². The van der Waals surface area contributed by atoms with Crippen molar-refractivity contribution in [2.75, 3.05) is 33.7 Å². The molecule has 0 radical (unpaired) electrons. The largest absolute Gasteiger partial charge is 0.434 e. The standard InChI is InChI=1S/C15H24F3N5OS.HI/c1-10(2)7-20-14(21-8-13(24)23(3)4)19-6-5-12-22-11(9-25-12)15(16,17)18;/h9-10H,5-8H2,1-4H3,(H2,19,20,21);1H. The van der Waals surface area contributed by atoms with Gasteiger partial charge in [0.25, 0.3) is 0 Å². The van der Waals surface area contributed by atoms with Crippen molar-refractivity contribution in [3.05, 3.63) is 16.1 Å². The van der Waals surface area contributed by atoms with Crippen molar-refractivity contribution in [2.45, 2.75) is 26.4 Å². The number of hydrogen-bond donors (Lipinski definition) is 2. The van der Waals surface area contributed by atoms with Crippen LogP contribution in [-0.2, 0) is 17.4 Å². The number of guanidine groups is 1. The van der Waals surface area contributed by atoms with Crippen molar-refractivity contribution in [2.24, 2.45) is 10.9 Å². The third-order valence-electron chi connectivity index (χ3n) is 3.02. The van der Waals surface area contributed by atoms with Gasteiger partial charge < -0.3 is 15.5 Å². The molecule has 1 amide bonds. The zero-order valence-corrected chi connectivity index (χ0v) is 18.3. The molecule has 0 aliphatic carbocycles. The van der Waals surface area contributed by atoms with E-state index in [-0.39, 0.29) is 36.4 Å². The maximum Gasteiger partial charge on any atom is 0.434 e. The first-order chi connectivity index (χ1) is 11.6. The van der Waals surface area contributed by atoms with E-state index in [4.69, 9.17) is 0 Å². The smallest absolute Gasteiger partial charge is 0.356 e. The minimum absolute atomic E-state index is 0. The molecule has 1 heterocycles. The van der Waals surface area contributed by atoms with Gasteiger partial charge in [-0.2, -0.15) is 13.2 Å². The van der Waals surface area contributed by atoms with Crippen molar-refractivity contribution in [1.82, 2.24) is 20.5 Å². The third kappa shape index (κ3) is 9.55. The Balaban J connectivity index is 0.00000625. The second-order valence-electron chi connectivity index (χ2n) is 6.03. The van der Waals surface area contributed by atoms with Gasteiger partial charge in [-0.3, -0.25) is 4.79 Å². The summed E-state index contributed by atoms with van der Waals surface area (Å²) >= 11 is 0.976. The van der Waals surface area contributed by atoms with E-state index in [9.17, 15) is 18.0 Å². The number of rotatable bonds is 7. The maximum absolute atomic E-state index is 12.5. The highest BCUT2D eigenvalue weighted by Gasteiger charge is 2.33. The van der Waals surface area contributed by atoms with Crippen molar-refractivity contribution in [1.29, 1.82) is 0 Å². The summed E-state index contributed by atoms with van der Waals surface area (Å²) in [4.78, 5) is 20.8. The summed E-state index contributed by atoms with van der Waals surface area (Å²) in [6.45, 7) is 5.09. The number of likely N-dealkylation sites (N-methyl/N-ethyl adjacent to an activating group) is 1. The lowest BCUT2D eigenvalue weighted by Crippen LogP contribution is -2.41. The van der Waals surface area contributed by atoms with E-state index in [0.717, 1.165) is 16.7 Å². The first-order valence-corrected chi connectivity index (χ1v) is 8.71. The average molecular weight is 507 g/mol. The van der Waals surface area contributed by atoms with E-state index >= 15 is 0 Å². The van der Waals surface area contributed by atoms with Crippen molar-refractivity contribution in [3.63, 3.8) is 0 Å². The lowest BCUT2D eigenvalue weighted by Gasteiger charge is -2.14. The summed E-state index contributed by atoms with van der Waals surface area (Å²) in [6, 6.07) is 0. The predicted molar refractivity (Wildman–Crippen MR) is 108 cm³/mol. The van der Waals surface area contributed by atoms with Crippen LogP contribution in [0.3, 0.4) is 0 Å². The molecule has 0 atom stereocenters. The van der Waals surface area contributed by atoms with Gasteiger partial charge in [0.2, 0.25) is 5.91 Å². The first kappa shape index (κ1) is 24.9. The molecule has 0 aromatic carbocycles. The molecule has 0 saturated carbocycles. The van der Waals surface area contributed by atoms with E-state index in [0.29, 0.717) is 36.4 Å². The molecule has 2 N–H and O–H groups in total. The summed E-state index contributed by atoms with van der Waals surface area (Å²) in [6.07, 6.45) is -4.08. The van der Waals surface area contributed by atoms with Crippen LogP contribution in [-0.4, -0.2) is 55.5 Å². The quantitative estimate of drug-likeness (QED) is 0.339. The number of amides is 1. The Morgan fingerprint density at radius 2 is 2.00 bits per heavy atom. The second kappa shape index (κ2) is 11.6. The predicted octanol–water partition coefficient (Wildman–Crippen LogP) is 2.60. The van der Waals surface area contributed by atoms with Crippen LogP contribution in [0.25, 0.3) is 0 Å². The summed E-state index contributed by atoms with van der Waals surface area (Å²) in [5.74, 6) is 0.696. The maximum atomic E-state index is 12.5. The lowest BCUT2D eigenvalue weighted by molar-refractivity contribution is -0.140. The molecule has 0 fully saturated rings. The number of carbonyl (C=O) groups is 1. The monoisotopic (exact) mass is 507 g/mol. The van der Waals surface area contributed by atoms with Gasteiger partial charge in [-0.25, -0.2) is 9.98 Å². The molecule has 0 bridgehead atoms. The Morgan fingerprint density at radius 1 is 1.35 bits per heavy atom. The SMILES string of the molecule is CC(C)CNC(=NCC(=O)N(C)C)NCCc1nc(C(F)(F)F)cs1.I. The van der Waals surface area contributed by atoms with E-state index in [1.807, 2.05) is 13.8 Å². The normalized spacial score (nSPS) is 11.9. The fourth-order valence-electron chi connectivity index (χ4n) is 1.61. The Hall–Kier alpha value is -1.11. The third-order valence-corrected chi connectivity index (χ3v) is 3.93. The highest BCUT2D eigenvalue weighted by atomic mass is 127. The molecule has 0 aliphatic rings. The highest BCUT2D eigenvalue weighted by Crippen LogP contribution is 2.29. The van der Waals surface area contributed by atoms with Crippen LogP contribution >= 0.6 is 35.3 Å². The number of nitrogens with zero attached hydrogens (tertiary/aromatic N) is 3. The minimum atomic E-state index is -4.42. The number of carbonyl (C=O) groups excluding carboxylic acids is 1. The lowest BCUT2D eigenvalue weighted by atomic mass is 10.2. The second-order valence-corrected chi connectivity index (χ2v) is 6.97. The Labute approximate surface area is 172 Å². The molecule has 0 saturated heterocycles. The highest BCUT2D eigenvalue weighted by molar-refractivity contribution is 14.0. The average Bonchev–Trinajstić information content (AvgIpc) is 2.97. The van der Waals surface area contributed by atoms with Crippen LogP contribution < -0.4 is 10.6 Å². The molecule has 26 heavy (non-hydrogen) atoms.